The molecule has 1 aliphatic heterocycles. The van der Waals surface area contributed by atoms with Gasteiger partial charge in [-0.3, -0.25) is 4.79 Å². The smallest absolute Gasteiger partial charge is 0.260 e. The largest absolute Gasteiger partial charge is 0.484 e. The molecule has 1 aliphatic rings. The minimum Gasteiger partial charge on any atom is -0.484 e. The Kier molecular flexibility index (Phi) is 5.22. The van der Waals surface area contributed by atoms with E-state index in [0.717, 1.165) is 36.0 Å². The van der Waals surface area contributed by atoms with Crippen molar-refractivity contribution in [1.29, 1.82) is 0 Å². The fourth-order valence-electron chi connectivity index (χ4n) is 2.18. The number of ether oxygens (including phenoxy) is 1. The number of nitrogens with two attached hydrogens (primary N) is 1. The molecule has 0 aromatic heterocycles. The van der Waals surface area contributed by atoms with Crippen LogP contribution in [0, 0.1) is 0 Å². The number of likely N-dealkylation sites (tertiary alicyclic amines) is 1. The molecule has 1 amide bonds. The van der Waals surface area contributed by atoms with Crippen molar-refractivity contribution in [3.8, 4) is 5.75 Å². The van der Waals surface area contributed by atoms with Gasteiger partial charge in [-0.1, -0.05) is 15.9 Å². The van der Waals surface area contributed by atoms with Crippen molar-refractivity contribution in [3.05, 3.63) is 28.2 Å². The van der Waals surface area contributed by atoms with Gasteiger partial charge in [0.1, 0.15) is 5.75 Å². The van der Waals surface area contributed by atoms with Gasteiger partial charge in [-0.05, 0) is 43.0 Å². The third-order valence-corrected chi connectivity index (χ3v) is 4.08. The molecule has 0 atom stereocenters. The molecule has 0 spiro atoms. The lowest BCUT2D eigenvalue weighted by Gasteiger charge is -2.26. The number of carbonyl (C=O) groups is 1. The van der Waals surface area contributed by atoms with E-state index >= 15 is 0 Å². The van der Waals surface area contributed by atoms with E-state index in [1.807, 2.05) is 23.1 Å². The van der Waals surface area contributed by atoms with Crippen molar-refractivity contribution in [1.82, 2.24) is 4.90 Å². The molecule has 0 radical (unpaired) electrons. The second-order valence-electron chi connectivity index (χ2n) is 4.69. The van der Waals surface area contributed by atoms with Crippen LogP contribution in [0.2, 0.25) is 0 Å². The van der Waals surface area contributed by atoms with Crippen molar-refractivity contribution < 1.29 is 9.53 Å². The molecule has 1 heterocycles. The van der Waals surface area contributed by atoms with E-state index in [1.54, 1.807) is 0 Å². The van der Waals surface area contributed by atoms with E-state index in [0.29, 0.717) is 12.3 Å². The monoisotopic (exact) mass is 326 g/mol. The van der Waals surface area contributed by atoms with Crippen LogP contribution in [-0.4, -0.2) is 30.5 Å². The lowest BCUT2D eigenvalue weighted by Crippen LogP contribution is -2.38. The highest BCUT2D eigenvalue weighted by atomic mass is 79.9. The number of nitrogens with zero attached hydrogens (tertiary/aromatic N) is 1. The van der Waals surface area contributed by atoms with E-state index in [1.165, 1.54) is 6.42 Å². The van der Waals surface area contributed by atoms with Crippen LogP contribution in [0.15, 0.2) is 22.7 Å². The molecular weight excluding hydrogens is 308 g/mol. The molecule has 1 aromatic rings. The fraction of sp³-hybridized carbons (Fsp3) is 0.500. The number of hydrogen-bond donors (Lipinski definition) is 1. The van der Waals surface area contributed by atoms with Gasteiger partial charge in [-0.25, -0.2) is 0 Å². The Morgan fingerprint density at radius 3 is 2.74 bits per heavy atom. The predicted molar refractivity (Wildman–Crippen MR) is 78.0 cm³/mol. The maximum atomic E-state index is 12.0. The second kappa shape index (κ2) is 6.91. The molecule has 2 N–H and O–H groups in total. The Balaban J connectivity index is 1.89. The van der Waals surface area contributed by atoms with Crippen LogP contribution in [0.3, 0.4) is 0 Å². The average Bonchev–Trinajstić information content (AvgIpc) is 2.47. The van der Waals surface area contributed by atoms with Crippen molar-refractivity contribution in [3.63, 3.8) is 0 Å². The van der Waals surface area contributed by atoms with Crippen molar-refractivity contribution in [2.24, 2.45) is 5.73 Å². The normalized spacial score (nSPS) is 15.4. The van der Waals surface area contributed by atoms with Gasteiger partial charge in [0.2, 0.25) is 0 Å². The lowest BCUT2D eigenvalue weighted by atomic mass is 10.1. The summed E-state index contributed by atoms with van der Waals surface area (Å²) in [6.45, 7) is 2.26. The SMILES string of the molecule is NCc1cc(OCC(=O)N2CCCCC2)ccc1Br. The van der Waals surface area contributed by atoms with Gasteiger partial charge < -0.3 is 15.4 Å². The number of carbonyl (C=O) groups excluding carboxylic acids is 1. The van der Waals surface area contributed by atoms with E-state index in [2.05, 4.69) is 15.9 Å². The number of rotatable bonds is 4. The summed E-state index contributed by atoms with van der Waals surface area (Å²) in [6, 6.07) is 5.60. The molecule has 0 saturated carbocycles. The van der Waals surface area contributed by atoms with Gasteiger partial charge in [0.15, 0.2) is 6.61 Å². The van der Waals surface area contributed by atoms with E-state index in [-0.39, 0.29) is 12.5 Å². The summed E-state index contributed by atoms with van der Waals surface area (Å²) in [5.41, 5.74) is 6.61. The standard InChI is InChI=1S/C14H19BrN2O2/c15-13-5-4-12(8-11(13)9-16)19-10-14(18)17-6-2-1-3-7-17/h4-5,8H,1-3,6-7,9-10,16H2. The summed E-state index contributed by atoms with van der Waals surface area (Å²) < 4.78 is 6.51. The summed E-state index contributed by atoms with van der Waals surface area (Å²) in [5, 5.41) is 0. The van der Waals surface area contributed by atoms with Crippen LogP contribution in [-0.2, 0) is 11.3 Å². The van der Waals surface area contributed by atoms with Crippen LogP contribution in [0.25, 0.3) is 0 Å². The molecular formula is C14H19BrN2O2. The first-order chi connectivity index (χ1) is 9.20. The van der Waals surface area contributed by atoms with Crippen LogP contribution in [0.1, 0.15) is 24.8 Å². The Morgan fingerprint density at radius 2 is 2.05 bits per heavy atom. The number of amides is 1. The fourth-order valence-corrected chi connectivity index (χ4v) is 2.59. The quantitative estimate of drug-likeness (QED) is 0.923. The van der Waals surface area contributed by atoms with Crippen LogP contribution < -0.4 is 10.5 Å². The highest BCUT2D eigenvalue weighted by molar-refractivity contribution is 9.10. The number of benzene rings is 1. The molecule has 4 nitrogen and oxygen atoms in total. The van der Waals surface area contributed by atoms with Crippen molar-refractivity contribution >= 4 is 21.8 Å². The first-order valence-electron chi connectivity index (χ1n) is 6.60. The molecule has 1 saturated heterocycles. The van der Waals surface area contributed by atoms with E-state index in [4.69, 9.17) is 10.5 Å². The van der Waals surface area contributed by atoms with Crippen molar-refractivity contribution in [2.45, 2.75) is 25.8 Å². The lowest BCUT2D eigenvalue weighted by molar-refractivity contribution is -0.134. The summed E-state index contributed by atoms with van der Waals surface area (Å²) in [4.78, 5) is 13.8. The predicted octanol–water partition coefficient (Wildman–Crippen LogP) is 2.30. The Labute approximate surface area is 122 Å². The summed E-state index contributed by atoms with van der Waals surface area (Å²) in [7, 11) is 0. The zero-order valence-electron chi connectivity index (χ0n) is 10.9. The van der Waals surface area contributed by atoms with Gasteiger partial charge >= 0.3 is 0 Å². The molecule has 2 rings (SSSR count). The first-order valence-corrected chi connectivity index (χ1v) is 7.39. The van der Waals surface area contributed by atoms with Gasteiger partial charge in [0.25, 0.3) is 5.91 Å². The third kappa shape index (κ3) is 3.94. The highest BCUT2D eigenvalue weighted by Crippen LogP contribution is 2.22. The molecule has 104 valence electrons. The van der Waals surface area contributed by atoms with Gasteiger partial charge in [0.05, 0.1) is 0 Å². The summed E-state index contributed by atoms with van der Waals surface area (Å²) in [6.07, 6.45) is 3.42. The Hall–Kier alpha value is -1.07. The minimum absolute atomic E-state index is 0.0666. The zero-order valence-corrected chi connectivity index (χ0v) is 12.5. The molecule has 5 heteroatoms. The second-order valence-corrected chi connectivity index (χ2v) is 5.54. The highest BCUT2D eigenvalue weighted by Gasteiger charge is 2.16. The van der Waals surface area contributed by atoms with Crippen LogP contribution in [0.4, 0.5) is 0 Å². The van der Waals surface area contributed by atoms with Gasteiger partial charge in [0, 0.05) is 24.1 Å². The van der Waals surface area contributed by atoms with Gasteiger partial charge in [-0.2, -0.15) is 0 Å². The maximum Gasteiger partial charge on any atom is 0.260 e. The average molecular weight is 327 g/mol. The molecule has 0 unspecified atom stereocenters. The Morgan fingerprint density at radius 1 is 1.32 bits per heavy atom. The first kappa shape index (κ1) is 14.3. The van der Waals surface area contributed by atoms with Crippen LogP contribution in [0.5, 0.6) is 5.75 Å². The Bertz CT molecular complexity index is 445. The third-order valence-electron chi connectivity index (χ3n) is 3.31. The zero-order chi connectivity index (χ0) is 13.7. The summed E-state index contributed by atoms with van der Waals surface area (Å²) in [5.74, 6) is 0.755. The van der Waals surface area contributed by atoms with Crippen LogP contribution >= 0.6 is 15.9 Å². The molecule has 1 fully saturated rings. The van der Waals surface area contributed by atoms with Crippen molar-refractivity contribution in [2.75, 3.05) is 19.7 Å². The number of piperidine rings is 1. The molecule has 1 aromatic carbocycles. The number of hydrogen-bond acceptors (Lipinski definition) is 3. The minimum atomic E-state index is 0.0666. The van der Waals surface area contributed by atoms with E-state index < -0.39 is 0 Å². The topological polar surface area (TPSA) is 55.6 Å². The maximum absolute atomic E-state index is 12.0. The van der Waals surface area contributed by atoms with E-state index in [9.17, 15) is 4.79 Å². The van der Waals surface area contributed by atoms with Gasteiger partial charge in [-0.15, -0.1) is 0 Å². The molecule has 0 aliphatic carbocycles. The molecule has 0 bridgehead atoms. The molecule has 19 heavy (non-hydrogen) atoms. The summed E-state index contributed by atoms with van der Waals surface area (Å²) >= 11 is 3.42. The number of halogens is 1.